The van der Waals surface area contributed by atoms with Gasteiger partial charge in [-0.15, -0.1) is 0 Å². The number of hydrogen-bond donors (Lipinski definition) is 2. The number of anilines is 1. The highest BCUT2D eigenvalue weighted by Gasteiger charge is 2.33. The Morgan fingerprint density at radius 2 is 1.93 bits per heavy atom. The van der Waals surface area contributed by atoms with E-state index < -0.39 is 6.04 Å². The van der Waals surface area contributed by atoms with Crippen molar-refractivity contribution in [3.05, 3.63) is 24.3 Å². The number of imidazole rings is 1. The lowest BCUT2D eigenvalue weighted by Gasteiger charge is -2.29. The van der Waals surface area contributed by atoms with Gasteiger partial charge in [0.05, 0.1) is 11.0 Å². The van der Waals surface area contributed by atoms with Gasteiger partial charge in [0.25, 0.3) is 0 Å². The predicted octanol–water partition coefficient (Wildman–Crippen LogP) is 3.43. The molecule has 0 bridgehead atoms. The van der Waals surface area contributed by atoms with E-state index in [0.717, 1.165) is 43.1 Å². The van der Waals surface area contributed by atoms with Gasteiger partial charge in [0.15, 0.2) is 0 Å². The smallest absolute Gasteiger partial charge is 0.324 e. The fraction of sp³-hybridized carbons (Fsp3) is 0.591. The monoisotopic (exact) mass is 397 g/mol. The van der Waals surface area contributed by atoms with Crippen LogP contribution >= 0.6 is 0 Å². The molecule has 2 aromatic rings. The molecule has 7 nitrogen and oxygen atoms in total. The van der Waals surface area contributed by atoms with Crippen LogP contribution in [0.25, 0.3) is 11.0 Å². The zero-order chi connectivity index (χ0) is 20.4. The van der Waals surface area contributed by atoms with E-state index in [2.05, 4.69) is 20.2 Å². The molecule has 2 heterocycles. The summed E-state index contributed by atoms with van der Waals surface area (Å²) in [5.74, 6) is 0.649. The van der Waals surface area contributed by atoms with Crippen LogP contribution in [0.4, 0.5) is 10.7 Å². The van der Waals surface area contributed by atoms with Crippen LogP contribution in [0.3, 0.4) is 0 Å². The number of aromatic nitrogens is 2. The Morgan fingerprint density at radius 1 is 1.17 bits per heavy atom. The van der Waals surface area contributed by atoms with Crippen molar-refractivity contribution >= 4 is 28.9 Å². The Labute approximate surface area is 171 Å². The van der Waals surface area contributed by atoms with Crippen molar-refractivity contribution in [2.24, 2.45) is 5.92 Å². The Bertz CT molecular complexity index is 886. The van der Waals surface area contributed by atoms with Crippen LogP contribution in [-0.2, 0) is 11.3 Å². The number of rotatable bonds is 5. The van der Waals surface area contributed by atoms with Gasteiger partial charge >= 0.3 is 6.03 Å². The average Bonchev–Trinajstić information content (AvgIpc) is 3.31. The highest BCUT2D eigenvalue weighted by atomic mass is 16.2. The molecule has 3 amide bonds. The Balaban J connectivity index is 1.48. The van der Waals surface area contributed by atoms with E-state index in [9.17, 15) is 9.59 Å². The number of carbonyl (C=O) groups excluding carboxylic acids is 2. The first kappa shape index (κ1) is 19.7. The summed E-state index contributed by atoms with van der Waals surface area (Å²) >= 11 is 0. The lowest BCUT2D eigenvalue weighted by atomic mass is 9.93. The summed E-state index contributed by atoms with van der Waals surface area (Å²) in [7, 11) is 0. The van der Waals surface area contributed by atoms with Crippen LogP contribution in [0.2, 0.25) is 0 Å². The van der Waals surface area contributed by atoms with E-state index in [1.807, 2.05) is 38.1 Å². The average molecular weight is 398 g/mol. The number of carbonyl (C=O) groups is 2. The number of hydrogen-bond acceptors (Lipinski definition) is 3. The maximum atomic E-state index is 13.1. The lowest BCUT2D eigenvalue weighted by molar-refractivity contribution is -0.125. The predicted molar refractivity (Wildman–Crippen MR) is 114 cm³/mol. The van der Waals surface area contributed by atoms with E-state index in [0.29, 0.717) is 19.0 Å². The molecule has 0 saturated heterocycles. The second kappa shape index (κ2) is 8.43. The lowest BCUT2D eigenvalue weighted by Crippen LogP contribution is -2.55. The summed E-state index contributed by atoms with van der Waals surface area (Å²) in [6.07, 6.45) is 6.45. The topological polar surface area (TPSA) is 79.3 Å². The summed E-state index contributed by atoms with van der Waals surface area (Å²) in [5.41, 5.74) is 1.92. The molecule has 2 aliphatic rings. The van der Waals surface area contributed by atoms with Crippen molar-refractivity contribution in [3.8, 4) is 0 Å². The minimum absolute atomic E-state index is 0.0592. The molecular weight excluding hydrogens is 366 g/mol. The van der Waals surface area contributed by atoms with Gasteiger partial charge in [-0.3, -0.25) is 9.69 Å². The molecule has 1 aliphatic heterocycles. The molecule has 2 N–H and O–H groups in total. The molecule has 1 aromatic carbocycles. The minimum Gasteiger partial charge on any atom is -0.352 e. The number of benzene rings is 1. The van der Waals surface area contributed by atoms with E-state index >= 15 is 0 Å². The summed E-state index contributed by atoms with van der Waals surface area (Å²) in [4.78, 5) is 32.4. The van der Waals surface area contributed by atoms with Crippen molar-refractivity contribution in [1.29, 1.82) is 0 Å². The first-order valence-electron chi connectivity index (χ1n) is 10.9. The van der Waals surface area contributed by atoms with Gasteiger partial charge in [0.1, 0.15) is 6.04 Å². The summed E-state index contributed by atoms with van der Waals surface area (Å²) in [6, 6.07) is 7.36. The Morgan fingerprint density at radius 3 is 2.69 bits per heavy atom. The van der Waals surface area contributed by atoms with Crippen molar-refractivity contribution in [2.75, 3.05) is 11.4 Å². The van der Waals surface area contributed by atoms with Crippen molar-refractivity contribution in [2.45, 2.75) is 71.0 Å². The number of nitrogens with zero attached hydrogens (tertiary/aromatic N) is 3. The molecule has 0 unspecified atom stereocenters. The Kier molecular flexibility index (Phi) is 5.74. The molecule has 1 aromatic heterocycles. The fourth-order valence-corrected chi connectivity index (χ4v) is 4.43. The van der Waals surface area contributed by atoms with Gasteiger partial charge < -0.3 is 15.2 Å². The van der Waals surface area contributed by atoms with Crippen LogP contribution in [0.15, 0.2) is 24.3 Å². The molecule has 4 rings (SSSR count). The van der Waals surface area contributed by atoms with Gasteiger partial charge in [0, 0.05) is 19.1 Å². The fourth-order valence-electron chi connectivity index (χ4n) is 4.43. The number of urea groups is 1. The third-order valence-corrected chi connectivity index (χ3v) is 6.39. The van der Waals surface area contributed by atoms with E-state index in [1.165, 1.54) is 6.42 Å². The second-order valence-electron chi connectivity index (χ2n) is 8.36. The van der Waals surface area contributed by atoms with Crippen molar-refractivity contribution in [3.63, 3.8) is 0 Å². The molecular formula is C22H31N5O2. The molecule has 1 fully saturated rings. The molecule has 0 radical (unpaired) electrons. The quantitative estimate of drug-likeness (QED) is 0.811. The standard InChI is InChI=1S/C22H31N5O2/c1-3-15(2)19(20(28)23-16-9-5-4-6-10-16)25-22(29)27-14-13-26-18-12-8-7-11-17(18)24-21(26)27/h7-8,11-12,15-16,19H,3-6,9-10,13-14H2,1-2H3,(H,23,28)(H,25,29)/t15-,19-/m0/s1. The molecule has 7 heteroatoms. The molecule has 156 valence electrons. The molecule has 29 heavy (non-hydrogen) atoms. The zero-order valence-electron chi connectivity index (χ0n) is 17.4. The Hall–Kier alpha value is -2.57. The van der Waals surface area contributed by atoms with E-state index in [4.69, 9.17) is 0 Å². The third kappa shape index (κ3) is 3.95. The number of amides is 3. The number of para-hydroxylation sites is 2. The highest BCUT2D eigenvalue weighted by molar-refractivity contribution is 5.96. The van der Waals surface area contributed by atoms with Crippen LogP contribution in [0, 0.1) is 5.92 Å². The first-order valence-corrected chi connectivity index (χ1v) is 10.9. The highest BCUT2D eigenvalue weighted by Crippen LogP contribution is 2.27. The van der Waals surface area contributed by atoms with Crippen LogP contribution in [0.5, 0.6) is 0 Å². The summed E-state index contributed by atoms with van der Waals surface area (Å²) < 4.78 is 2.06. The summed E-state index contributed by atoms with van der Waals surface area (Å²) in [6.45, 7) is 5.35. The third-order valence-electron chi connectivity index (χ3n) is 6.39. The second-order valence-corrected chi connectivity index (χ2v) is 8.36. The zero-order valence-corrected chi connectivity index (χ0v) is 17.4. The maximum Gasteiger partial charge on any atom is 0.324 e. The molecule has 2 atom stereocenters. The molecule has 1 saturated carbocycles. The SMILES string of the molecule is CC[C@H](C)[C@H](NC(=O)N1CCn2c1nc1ccccc12)C(=O)NC1CCCCC1. The van der Waals surface area contributed by atoms with Crippen molar-refractivity contribution in [1.82, 2.24) is 20.2 Å². The van der Waals surface area contributed by atoms with Crippen LogP contribution < -0.4 is 15.5 Å². The van der Waals surface area contributed by atoms with Gasteiger partial charge in [-0.1, -0.05) is 51.7 Å². The maximum absolute atomic E-state index is 13.1. The first-order chi connectivity index (χ1) is 14.1. The van der Waals surface area contributed by atoms with Crippen LogP contribution in [-0.4, -0.2) is 40.1 Å². The minimum atomic E-state index is -0.534. The van der Waals surface area contributed by atoms with Crippen molar-refractivity contribution < 1.29 is 9.59 Å². The van der Waals surface area contributed by atoms with Gasteiger partial charge in [0.2, 0.25) is 11.9 Å². The molecule has 0 spiro atoms. The van der Waals surface area contributed by atoms with E-state index in [-0.39, 0.29) is 23.9 Å². The summed E-state index contributed by atoms with van der Waals surface area (Å²) in [5, 5.41) is 6.18. The van der Waals surface area contributed by atoms with Crippen LogP contribution in [0.1, 0.15) is 52.4 Å². The van der Waals surface area contributed by atoms with E-state index in [1.54, 1.807) is 4.90 Å². The van der Waals surface area contributed by atoms with Gasteiger partial charge in [-0.2, -0.15) is 0 Å². The van der Waals surface area contributed by atoms with Gasteiger partial charge in [-0.05, 0) is 30.9 Å². The largest absolute Gasteiger partial charge is 0.352 e. The number of fused-ring (bicyclic) bond motifs is 3. The number of nitrogens with one attached hydrogen (secondary N) is 2. The van der Waals surface area contributed by atoms with Gasteiger partial charge in [-0.25, -0.2) is 9.78 Å². The molecule has 1 aliphatic carbocycles. The normalized spacial score (nSPS) is 19.0.